The predicted octanol–water partition coefficient (Wildman–Crippen LogP) is 2.71. The van der Waals surface area contributed by atoms with Crippen LogP contribution in [0.15, 0.2) is 35.2 Å². The quantitative estimate of drug-likeness (QED) is 0.544. The number of thioether (sulfide) groups is 1. The van der Waals surface area contributed by atoms with E-state index in [-0.39, 0.29) is 18.3 Å². The number of nitrogens with one attached hydrogen (secondary N) is 2. The maximum atomic E-state index is 11.5. The first-order chi connectivity index (χ1) is 8.83. The molecule has 19 heavy (non-hydrogen) atoms. The summed E-state index contributed by atoms with van der Waals surface area (Å²) in [4.78, 5) is 12.7. The van der Waals surface area contributed by atoms with Crippen molar-refractivity contribution in [1.29, 1.82) is 0 Å². The summed E-state index contributed by atoms with van der Waals surface area (Å²) in [5, 5.41) is 6.17. The maximum absolute atomic E-state index is 11.5. The highest BCUT2D eigenvalue weighted by Gasteiger charge is 2.00. The minimum absolute atomic E-state index is 0. The highest BCUT2D eigenvalue weighted by Crippen LogP contribution is 2.17. The van der Waals surface area contributed by atoms with Crippen LogP contribution in [0.25, 0.3) is 0 Å². The molecule has 0 saturated carbocycles. The normalized spacial score (nSPS) is 9.74. The molecule has 0 bridgehead atoms. The van der Waals surface area contributed by atoms with Gasteiger partial charge in [0.15, 0.2) is 0 Å². The molecule has 0 aromatic heterocycles. The molecule has 0 aliphatic rings. The molecular weight excluding hydrogens is 280 g/mol. The van der Waals surface area contributed by atoms with Gasteiger partial charge in [0.05, 0.1) is 0 Å². The predicted molar refractivity (Wildman–Crippen MR) is 85.2 cm³/mol. The molecule has 0 unspecified atom stereocenters. The molecule has 0 saturated heterocycles. The van der Waals surface area contributed by atoms with Gasteiger partial charge in [-0.3, -0.25) is 4.79 Å². The molecule has 0 heterocycles. The number of carbonyl (C=O) groups excluding carboxylic acids is 1. The first-order valence-electron chi connectivity index (χ1n) is 6.48. The molecular formula is C14H23ClN2OS. The number of carbonyl (C=O) groups is 1. The van der Waals surface area contributed by atoms with Gasteiger partial charge in [-0.05, 0) is 25.1 Å². The van der Waals surface area contributed by atoms with Gasteiger partial charge in [-0.1, -0.05) is 25.1 Å². The third-order valence-electron chi connectivity index (χ3n) is 2.39. The first kappa shape index (κ1) is 18.3. The van der Waals surface area contributed by atoms with Gasteiger partial charge in [-0.2, -0.15) is 0 Å². The summed E-state index contributed by atoms with van der Waals surface area (Å²) in [5.41, 5.74) is 0. The van der Waals surface area contributed by atoms with Crippen molar-refractivity contribution in [1.82, 2.24) is 10.6 Å². The van der Waals surface area contributed by atoms with Crippen LogP contribution in [-0.2, 0) is 4.79 Å². The zero-order valence-corrected chi connectivity index (χ0v) is 13.0. The second kappa shape index (κ2) is 12.3. The van der Waals surface area contributed by atoms with E-state index in [0.717, 1.165) is 31.8 Å². The topological polar surface area (TPSA) is 41.1 Å². The van der Waals surface area contributed by atoms with E-state index >= 15 is 0 Å². The summed E-state index contributed by atoms with van der Waals surface area (Å²) < 4.78 is 0. The van der Waals surface area contributed by atoms with Gasteiger partial charge in [-0.25, -0.2) is 0 Å². The molecule has 0 spiro atoms. The van der Waals surface area contributed by atoms with E-state index in [2.05, 4.69) is 29.7 Å². The van der Waals surface area contributed by atoms with Crippen LogP contribution >= 0.6 is 24.2 Å². The standard InChI is InChI=1S/C14H22N2OS.ClH/c1-2-9-15-10-11-16-14(17)8-12-18-13-6-4-3-5-7-13;/h3-7,15H,2,8-12H2,1H3,(H,16,17);1H. The fourth-order valence-electron chi connectivity index (χ4n) is 1.46. The van der Waals surface area contributed by atoms with Crippen LogP contribution in [0.4, 0.5) is 0 Å². The van der Waals surface area contributed by atoms with Crippen molar-refractivity contribution < 1.29 is 4.79 Å². The zero-order chi connectivity index (χ0) is 13.1. The summed E-state index contributed by atoms with van der Waals surface area (Å²) in [6.45, 7) is 4.71. The molecule has 0 aliphatic carbocycles. The van der Waals surface area contributed by atoms with Crippen molar-refractivity contribution in [2.24, 2.45) is 0 Å². The number of halogens is 1. The Morgan fingerprint density at radius 3 is 2.58 bits per heavy atom. The van der Waals surface area contributed by atoms with Crippen LogP contribution in [0, 0.1) is 0 Å². The monoisotopic (exact) mass is 302 g/mol. The fraction of sp³-hybridized carbons (Fsp3) is 0.500. The van der Waals surface area contributed by atoms with Gasteiger partial charge < -0.3 is 10.6 Å². The third kappa shape index (κ3) is 9.82. The molecule has 1 amide bonds. The minimum atomic E-state index is 0. The van der Waals surface area contributed by atoms with Crippen molar-refractivity contribution >= 4 is 30.1 Å². The Balaban J connectivity index is 0.00000324. The second-order valence-corrected chi connectivity index (χ2v) is 5.18. The molecule has 2 N–H and O–H groups in total. The third-order valence-corrected chi connectivity index (χ3v) is 3.41. The average molecular weight is 303 g/mol. The largest absolute Gasteiger partial charge is 0.355 e. The highest BCUT2D eigenvalue weighted by atomic mass is 35.5. The zero-order valence-electron chi connectivity index (χ0n) is 11.4. The molecule has 108 valence electrons. The SMILES string of the molecule is CCCNCCNC(=O)CCSc1ccccc1.Cl. The van der Waals surface area contributed by atoms with Crippen LogP contribution in [0.1, 0.15) is 19.8 Å². The van der Waals surface area contributed by atoms with Crippen molar-refractivity contribution in [3.8, 4) is 0 Å². The van der Waals surface area contributed by atoms with E-state index in [4.69, 9.17) is 0 Å². The molecule has 0 fully saturated rings. The van der Waals surface area contributed by atoms with Crippen molar-refractivity contribution in [2.45, 2.75) is 24.7 Å². The molecule has 1 aromatic rings. The summed E-state index contributed by atoms with van der Waals surface area (Å²) in [7, 11) is 0. The number of amides is 1. The maximum Gasteiger partial charge on any atom is 0.220 e. The number of hydrogen-bond acceptors (Lipinski definition) is 3. The van der Waals surface area contributed by atoms with Crippen LogP contribution in [0.2, 0.25) is 0 Å². The number of benzene rings is 1. The minimum Gasteiger partial charge on any atom is -0.355 e. The molecule has 1 rings (SSSR count). The van der Waals surface area contributed by atoms with E-state index in [0.29, 0.717) is 6.42 Å². The summed E-state index contributed by atoms with van der Waals surface area (Å²) in [6.07, 6.45) is 1.70. The van der Waals surface area contributed by atoms with E-state index in [1.165, 1.54) is 4.90 Å². The lowest BCUT2D eigenvalue weighted by Crippen LogP contribution is -2.32. The first-order valence-corrected chi connectivity index (χ1v) is 7.46. The van der Waals surface area contributed by atoms with Gasteiger partial charge >= 0.3 is 0 Å². The lowest BCUT2D eigenvalue weighted by atomic mass is 10.4. The van der Waals surface area contributed by atoms with Gasteiger partial charge in [-0.15, -0.1) is 24.2 Å². The molecule has 0 radical (unpaired) electrons. The van der Waals surface area contributed by atoms with Gasteiger partial charge in [0.1, 0.15) is 0 Å². The fourth-order valence-corrected chi connectivity index (χ4v) is 2.33. The molecule has 1 aromatic carbocycles. The summed E-state index contributed by atoms with van der Waals surface area (Å²) in [5.74, 6) is 0.967. The average Bonchev–Trinajstić information content (AvgIpc) is 2.40. The van der Waals surface area contributed by atoms with Gasteiger partial charge in [0, 0.05) is 30.2 Å². The summed E-state index contributed by atoms with van der Waals surface area (Å²) >= 11 is 1.72. The van der Waals surface area contributed by atoms with Crippen LogP contribution in [0.3, 0.4) is 0 Å². The van der Waals surface area contributed by atoms with Crippen molar-refractivity contribution in [3.63, 3.8) is 0 Å². The Hall–Kier alpha value is -0.710. The molecule has 3 nitrogen and oxygen atoms in total. The Morgan fingerprint density at radius 1 is 1.16 bits per heavy atom. The number of rotatable bonds is 9. The molecule has 0 atom stereocenters. The van der Waals surface area contributed by atoms with Crippen LogP contribution < -0.4 is 10.6 Å². The van der Waals surface area contributed by atoms with Crippen molar-refractivity contribution in [2.75, 3.05) is 25.4 Å². The van der Waals surface area contributed by atoms with Crippen molar-refractivity contribution in [3.05, 3.63) is 30.3 Å². The van der Waals surface area contributed by atoms with E-state index < -0.39 is 0 Å². The Kier molecular flexibility index (Phi) is 11.9. The highest BCUT2D eigenvalue weighted by molar-refractivity contribution is 7.99. The summed E-state index contributed by atoms with van der Waals surface area (Å²) in [6, 6.07) is 10.2. The van der Waals surface area contributed by atoms with Gasteiger partial charge in [0.25, 0.3) is 0 Å². The van der Waals surface area contributed by atoms with E-state index in [9.17, 15) is 4.79 Å². The van der Waals surface area contributed by atoms with E-state index in [1.54, 1.807) is 11.8 Å². The number of hydrogen-bond donors (Lipinski definition) is 2. The Bertz CT molecular complexity index is 335. The molecule has 0 aliphatic heterocycles. The van der Waals surface area contributed by atoms with Crippen LogP contribution in [-0.4, -0.2) is 31.3 Å². The molecule has 5 heteroatoms. The van der Waals surface area contributed by atoms with Gasteiger partial charge in [0.2, 0.25) is 5.91 Å². The smallest absolute Gasteiger partial charge is 0.220 e. The lowest BCUT2D eigenvalue weighted by Gasteiger charge is -2.06. The lowest BCUT2D eigenvalue weighted by molar-refractivity contribution is -0.120. The second-order valence-electron chi connectivity index (χ2n) is 4.01. The Morgan fingerprint density at radius 2 is 1.89 bits per heavy atom. The van der Waals surface area contributed by atoms with E-state index in [1.807, 2.05) is 18.2 Å². The van der Waals surface area contributed by atoms with Crippen LogP contribution in [0.5, 0.6) is 0 Å². The Labute approximate surface area is 126 Å².